The van der Waals surface area contributed by atoms with E-state index in [-0.39, 0.29) is 24.6 Å². The van der Waals surface area contributed by atoms with Crippen LogP contribution in [0.5, 0.6) is 0 Å². The lowest BCUT2D eigenvalue weighted by Crippen LogP contribution is -2.41. The summed E-state index contributed by atoms with van der Waals surface area (Å²) in [5, 5.41) is 16.3. The number of carbonyl (C=O) groups is 3. The van der Waals surface area contributed by atoms with Gasteiger partial charge in [0.15, 0.2) is 0 Å². The number of carbonyl (C=O) groups excluding carboxylic acids is 2. The van der Waals surface area contributed by atoms with Gasteiger partial charge in [0, 0.05) is 13.1 Å². The van der Waals surface area contributed by atoms with Crippen molar-refractivity contribution in [2.45, 2.75) is 13.5 Å². The molecule has 0 atom stereocenters. The molecule has 1 aromatic rings. The predicted molar refractivity (Wildman–Crippen MR) is 72.3 cm³/mol. The van der Waals surface area contributed by atoms with Crippen molar-refractivity contribution in [1.29, 1.82) is 0 Å². The van der Waals surface area contributed by atoms with Gasteiger partial charge < -0.3 is 21.1 Å². The van der Waals surface area contributed by atoms with Gasteiger partial charge in [-0.1, -0.05) is 12.1 Å². The summed E-state index contributed by atoms with van der Waals surface area (Å²) in [6, 6.07) is 5.77. The van der Waals surface area contributed by atoms with Crippen LogP contribution in [0.2, 0.25) is 0 Å². The van der Waals surface area contributed by atoms with Crippen LogP contribution in [-0.4, -0.2) is 36.1 Å². The van der Waals surface area contributed by atoms with Crippen molar-refractivity contribution < 1.29 is 19.5 Å². The standard InChI is InChI=1S/C13H17N3O4/c1-2-14-11(17)8-16-13(20)15-7-9-4-3-5-10(6-9)12(18)19/h3-6H,2,7-8H2,1H3,(H,14,17)(H,18,19)(H2,15,16,20). The Bertz CT molecular complexity index is 502. The summed E-state index contributed by atoms with van der Waals surface area (Å²) in [6.45, 7) is 2.37. The van der Waals surface area contributed by atoms with Crippen molar-refractivity contribution in [3.63, 3.8) is 0 Å². The minimum atomic E-state index is -1.02. The van der Waals surface area contributed by atoms with E-state index in [0.717, 1.165) is 0 Å². The quantitative estimate of drug-likeness (QED) is 0.601. The highest BCUT2D eigenvalue weighted by molar-refractivity contribution is 5.87. The van der Waals surface area contributed by atoms with Gasteiger partial charge in [-0.3, -0.25) is 4.79 Å². The second-order valence-electron chi connectivity index (χ2n) is 4.00. The monoisotopic (exact) mass is 279 g/mol. The lowest BCUT2D eigenvalue weighted by molar-refractivity contribution is -0.119. The van der Waals surface area contributed by atoms with Crippen molar-refractivity contribution in [1.82, 2.24) is 16.0 Å². The van der Waals surface area contributed by atoms with Crippen LogP contribution in [0.25, 0.3) is 0 Å². The zero-order valence-corrected chi connectivity index (χ0v) is 11.1. The molecule has 108 valence electrons. The first-order valence-corrected chi connectivity index (χ1v) is 6.13. The Hall–Kier alpha value is -2.57. The number of hydrogen-bond donors (Lipinski definition) is 4. The molecule has 0 aliphatic rings. The number of carboxylic acid groups (broad SMARTS) is 1. The Morgan fingerprint density at radius 1 is 1.15 bits per heavy atom. The Balaban J connectivity index is 2.39. The van der Waals surface area contributed by atoms with Gasteiger partial charge in [-0.25, -0.2) is 9.59 Å². The van der Waals surface area contributed by atoms with E-state index in [0.29, 0.717) is 12.1 Å². The highest BCUT2D eigenvalue weighted by Gasteiger charge is 2.06. The van der Waals surface area contributed by atoms with Crippen molar-refractivity contribution in [2.75, 3.05) is 13.1 Å². The first-order chi connectivity index (χ1) is 9.52. The van der Waals surface area contributed by atoms with Gasteiger partial charge >= 0.3 is 12.0 Å². The first kappa shape index (κ1) is 15.5. The van der Waals surface area contributed by atoms with Crippen LogP contribution < -0.4 is 16.0 Å². The maximum absolute atomic E-state index is 11.4. The van der Waals surface area contributed by atoms with Crippen LogP contribution in [-0.2, 0) is 11.3 Å². The first-order valence-electron chi connectivity index (χ1n) is 6.13. The Morgan fingerprint density at radius 2 is 1.90 bits per heavy atom. The van der Waals surface area contributed by atoms with Crippen molar-refractivity contribution in [3.8, 4) is 0 Å². The molecule has 4 N–H and O–H groups in total. The second-order valence-corrected chi connectivity index (χ2v) is 4.00. The molecular weight excluding hydrogens is 262 g/mol. The number of aromatic carboxylic acids is 1. The van der Waals surface area contributed by atoms with Crippen LogP contribution in [0, 0.1) is 0 Å². The summed E-state index contributed by atoms with van der Waals surface area (Å²) in [5.74, 6) is -1.29. The van der Waals surface area contributed by atoms with E-state index in [1.54, 1.807) is 19.1 Å². The molecule has 7 heteroatoms. The van der Waals surface area contributed by atoms with Gasteiger partial charge in [-0.2, -0.15) is 0 Å². The average molecular weight is 279 g/mol. The van der Waals surface area contributed by atoms with E-state index < -0.39 is 12.0 Å². The number of likely N-dealkylation sites (N-methyl/N-ethyl adjacent to an activating group) is 1. The molecule has 1 rings (SSSR count). The van der Waals surface area contributed by atoms with Crippen LogP contribution >= 0.6 is 0 Å². The summed E-state index contributed by atoms with van der Waals surface area (Å²) in [5.41, 5.74) is 0.824. The van der Waals surface area contributed by atoms with Crippen LogP contribution in [0.15, 0.2) is 24.3 Å². The zero-order valence-electron chi connectivity index (χ0n) is 11.1. The van der Waals surface area contributed by atoms with Gasteiger partial charge in [0.25, 0.3) is 0 Å². The van der Waals surface area contributed by atoms with Crippen molar-refractivity contribution >= 4 is 17.9 Å². The number of hydrogen-bond acceptors (Lipinski definition) is 3. The summed E-state index contributed by atoms with van der Waals surface area (Å²) >= 11 is 0. The Kier molecular flexibility index (Phi) is 6.02. The van der Waals surface area contributed by atoms with Gasteiger partial charge in [0.1, 0.15) is 0 Å². The van der Waals surface area contributed by atoms with E-state index in [1.165, 1.54) is 12.1 Å². The molecule has 1 aromatic carbocycles. The van der Waals surface area contributed by atoms with E-state index in [9.17, 15) is 14.4 Å². The predicted octanol–water partition coefficient (Wildman–Crippen LogP) is 0.320. The molecule has 0 aliphatic heterocycles. The molecule has 20 heavy (non-hydrogen) atoms. The molecule has 0 radical (unpaired) electrons. The van der Waals surface area contributed by atoms with E-state index in [1.807, 2.05) is 0 Å². The molecule has 0 aliphatic carbocycles. The fourth-order valence-corrected chi connectivity index (χ4v) is 1.48. The van der Waals surface area contributed by atoms with Crippen LogP contribution in [0.1, 0.15) is 22.8 Å². The number of carboxylic acids is 1. The van der Waals surface area contributed by atoms with Gasteiger partial charge in [0.05, 0.1) is 12.1 Å². The third-order valence-corrected chi connectivity index (χ3v) is 2.41. The van der Waals surface area contributed by atoms with E-state index in [2.05, 4.69) is 16.0 Å². The number of rotatable bonds is 6. The van der Waals surface area contributed by atoms with E-state index >= 15 is 0 Å². The fourth-order valence-electron chi connectivity index (χ4n) is 1.48. The minimum Gasteiger partial charge on any atom is -0.478 e. The molecular formula is C13H17N3O4. The van der Waals surface area contributed by atoms with Gasteiger partial charge in [0.2, 0.25) is 5.91 Å². The average Bonchev–Trinajstić information content (AvgIpc) is 2.43. The Labute approximate surface area is 116 Å². The number of amides is 3. The van der Waals surface area contributed by atoms with E-state index in [4.69, 9.17) is 5.11 Å². The summed E-state index contributed by atoms with van der Waals surface area (Å²) < 4.78 is 0. The van der Waals surface area contributed by atoms with Gasteiger partial charge in [-0.05, 0) is 24.6 Å². The molecule has 0 saturated carbocycles. The third kappa shape index (κ3) is 5.38. The molecule has 0 bridgehead atoms. The molecule has 3 amide bonds. The second kappa shape index (κ2) is 7.78. The molecule has 0 spiro atoms. The van der Waals surface area contributed by atoms with Crippen molar-refractivity contribution in [2.24, 2.45) is 0 Å². The minimum absolute atomic E-state index is 0.102. The topological polar surface area (TPSA) is 108 Å². The third-order valence-electron chi connectivity index (χ3n) is 2.41. The SMILES string of the molecule is CCNC(=O)CNC(=O)NCc1cccc(C(=O)O)c1. The molecule has 0 fully saturated rings. The molecule has 7 nitrogen and oxygen atoms in total. The molecule has 0 saturated heterocycles. The zero-order chi connectivity index (χ0) is 15.0. The number of urea groups is 1. The Morgan fingerprint density at radius 3 is 2.55 bits per heavy atom. The van der Waals surface area contributed by atoms with Gasteiger partial charge in [-0.15, -0.1) is 0 Å². The summed E-state index contributed by atoms with van der Waals surface area (Å²) in [4.78, 5) is 33.3. The van der Waals surface area contributed by atoms with Crippen LogP contribution in [0.3, 0.4) is 0 Å². The fraction of sp³-hybridized carbons (Fsp3) is 0.308. The molecule has 0 unspecified atom stereocenters. The smallest absolute Gasteiger partial charge is 0.335 e. The van der Waals surface area contributed by atoms with Crippen molar-refractivity contribution in [3.05, 3.63) is 35.4 Å². The lowest BCUT2D eigenvalue weighted by Gasteiger charge is -2.08. The number of benzene rings is 1. The molecule has 0 aromatic heterocycles. The van der Waals surface area contributed by atoms with Crippen LogP contribution in [0.4, 0.5) is 4.79 Å². The highest BCUT2D eigenvalue weighted by atomic mass is 16.4. The summed E-state index contributed by atoms with van der Waals surface area (Å²) in [6.07, 6.45) is 0. The maximum Gasteiger partial charge on any atom is 0.335 e. The normalized spacial score (nSPS) is 9.65. The largest absolute Gasteiger partial charge is 0.478 e. The lowest BCUT2D eigenvalue weighted by atomic mass is 10.1. The molecule has 0 heterocycles. The summed E-state index contributed by atoms with van der Waals surface area (Å²) in [7, 11) is 0. The number of nitrogens with one attached hydrogen (secondary N) is 3. The maximum atomic E-state index is 11.4. The highest BCUT2D eigenvalue weighted by Crippen LogP contribution is 2.04.